The molecule has 2 aliphatic heterocycles. The van der Waals surface area contributed by atoms with E-state index >= 15 is 0 Å². The van der Waals surface area contributed by atoms with Crippen molar-refractivity contribution in [1.82, 2.24) is 9.21 Å². The number of fused-ring (bicyclic) bond motifs is 2. The molecule has 2 bridgehead atoms. The minimum Gasteiger partial charge on any atom is -0.362 e. The van der Waals surface area contributed by atoms with Gasteiger partial charge in [-0.3, -0.25) is 4.79 Å². The van der Waals surface area contributed by atoms with Gasteiger partial charge in [0.25, 0.3) is 5.91 Å². The number of carbonyl (C=O) groups is 1. The molecule has 9 heteroatoms. The van der Waals surface area contributed by atoms with Crippen LogP contribution in [0.2, 0.25) is 5.02 Å². The van der Waals surface area contributed by atoms with E-state index in [1.807, 2.05) is 13.0 Å². The fourth-order valence-corrected chi connectivity index (χ4v) is 6.29. The van der Waals surface area contributed by atoms with E-state index in [-0.39, 0.29) is 27.9 Å². The molecule has 0 radical (unpaired) electrons. The molecule has 2 heterocycles. The van der Waals surface area contributed by atoms with Gasteiger partial charge in [-0.05, 0) is 55.7 Å². The predicted octanol–water partition coefficient (Wildman–Crippen LogP) is 4.00. The average Bonchev–Trinajstić information content (AvgIpc) is 3.03. The Morgan fingerprint density at radius 1 is 1.16 bits per heavy atom. The quantitative estimate of drug-likeness (QED) is 0.628. The Hall–Kier alpha value is -2.16. The highest BCUT2D eigenvalue weighted by Crippen LogP contribution is 2.36. The molecule has 6 nitrogen and oxygen atoms in total. The summed E-state index contributed by atoms with van der Waals surface area (Å²) in [4.78, 5) is 17.3. The summed E-state index contributed by atoms with van der Waals surface area (Å²) in [7, 11) is -1.95. The molecule has 2 atom stereocenters. The maximum atomic E-state index is 13.4. The van der Waals surface area contributed by atoms with Gasteiger partial charge in [0.2, 0.25) is 10.0 Å². The summed E-state index contributed by atoms with van der Waals surface area (Å²) in [5.41, 5.74) is 1.16. The van der Waals surface area contributed by atoms with Crippen LogP contribution in [0.3, 0.4) is 0 Å². The first-order valence-electron chi connectivity index (χ1n) is 10.8. The van der Waals surface area contributed by atoms with E-state index in [4.69, 9.17) is 11.6 Å². The van der Waals surface area contributed by atoms with Crippen molar-refractivity contribution >= 4 is 33.2 Å². The fraction of sp³-hybridized carbons (Fsp3) is 0.435. The van der Waals surface area contributed by atoms with Crippen LogP contribution in [-0.2, 0) is 10.0 Å². The first-order chi connectivity index (χ1) is 15.2. The van der Waals surface area contributed by atoms with Crippen LogP contribution < -0.4 is 4.90 Å². The van der Waals surface area contributed by atoms with Gasteiger partial charge in [0, 0.05) is 44.5 Å². The number of carbonyl (C=O) groups excluding carboxylic acids is 1. The van der Waals surface area contributed by atoms with Gasteiger partial charge >= 0.3 is 0 Å². The van der Waals surface area contributed by atoms with Crippen LogP contribution in [0.5, 0.6) is 0 Å². The summed E-state index contributed by atoms with van der Waals surface area (Å²) < 4.78 is 40.6. The van der Waals surface area contributed by atoms with Gasteiger partial charge in [-0.1, -0.05) is 24.6 Å². The molecule has 0 N–H and O–H groups in total. The minimum atomic E-state index is -3.55. The highest BCUT2D eigenvalue weighted by molar-refractivity contribution is 7.89. The van der Waals surface area contributed by atoms with E-state index in [0.717, 1.165) is 31.0 Å². The van der Waals surface area contributed by atoms with E-state index in [0.29, 0.717) is 25.2 Å². The van der Waals surface area contributed by atoms with Crippen LogP contribution in [0.25, 0.3) is 0 Å². The van der Waals surface area contributed by atoms with Crippen LogP contribution >= 0.6 is 11.6 Å². The molecule has 4 rings (SSSR count). The summed E-state index contributed by atoms with van der Waals surface area (Å²) in [5.74, 6) is -0.681. The third kappa shape index (κ3) is 4.23. The van der Waals surface area contributed by atoms with Crippen molar-refractivity contribution in [1.29, 1.82) is 0 Å². The molecule has 1 amide bonds. The molecule has 2 aliphatic rings. The fourth-order valence-electron chi connectivity index (χ4n) is 4.74. The maximum absolute atomic E-state index is 13.4. The molecule has 2 unspecified atom stereocenters. The van der Waals surface area contributed by atoms with Crippen molar-refractivity contribution in [2.75, 3.05) is 31.6 Å². The zero-order valence-corrected chi connectivity index (χ0v) is 19.7. The zero-order valence-electron chi connectivity index (χ0n) is 18.2. The summed E-state index contributed by atoms with van der Waals surface area (Å²) in [5, 5.41) is 0.110. The van der Waals surface area contributed by atoms with Crippen molar-refractivity contribution in [3.63, 3.8) is 0 Å². The number of hydrogen-bond acceptors (Lipinski definition) is 4. The smallest absolute Gasteiger partial charge is 0.255 e. The second kappa shape index (κ2) is 9.00. The number of halogens is 2. The number of rotatable bonds is 6. The largest absolute Gasteiger partial charge is 0.362 e. The molecular weight excluding hydrogens is 453 g/mol. The Kier molecular flexibility index (Phi) is 6.47. The number of piperazine rings is 1. The Morgan fingerprint density at radius 3 is 2.47 bits per heavy atom. The van der Waals surface area contributed by atoms with Gasteiger partial charge < -0.3 is 9.80 Å². The number of benzene rings is 2. The first kappa shape index (κ1) is 23.0. The lowest BCUT2D eigenvalue weighted by Gasteiger charge is -2.42. The van der Waals surface area contributed by atoms with Crippen molar-refractivity contribution in [3.05, 3.63) is 58.9 Å². The SMILES string of the molecule is CCCN(C)S(=O)(=O)c1cccc(N2C3CCC2CN(C(=O)c2ccc(F)cc2Cl)C3)c1. The van der Waals surface area contributed by atoms with Crippen molar-refractivity contribution in [2.24, 2.45) is 0 Å². The molecule has 2 aromatic carbocycles. The lowest BCUT2D eigenvalue weighted by molar-refractivity contribution is 0.0718. The second-order valence-corrected chi connectivity index (χ2v) is 10.9. The molecule has 32 heavy (non-hydrogen) atoms. The Morgan fingerprint density at radius 2 is 1.84 bits per heavy atom. The van der Waals surface area contributed by atoms with Gasteiger partial charge in [-0.25, -0.2) is 17.1 Å². The normalized spacial score (nSPS) is 20.8. The Balaban J connectivity index is 1.55. The van der Waals surface area contributed by atoms with Gasteiger partial charge in [0.15, 0.2) is 0 Å². The number of sulfonamides is 1. The van der Waals surface area contributed by atoms with Gasteiger partial charge in [-0.15, -0.1) is 0 Å². The highest BCUT2D eigenvalue weighted by atomic mass is 35.5. The molecule has 2 saturated heterocycles. The minimum absolute atomic E-state index is 0.0863. The number of amides is 1. The van der Waals surface area contributed by atoms with E-state index in [1.54, 1.807) is 30.1 Å². The number of nitrogens with zero attached hydrogens (tertiary/aromatic N) is 3. The van der Waals surface area contributed by atoms with Gasteiger partial charge in [0.05, 0.1) is 15.5 Å². The molecular formula is C23H27ClFN3O3S. The van der Waals surface area contributed by atoms with Gasteiger partial charge in [-0.2, -0.15) is 0 Å². The van der Waals surface area contributed by atoms with Crippen LogP contribution in [0.4, 0.5) is 10.1 Å². The zero-order chi connectivity index (χ0) is 23.0. The first-order valence-corrected chi connectivity index (χ1v) is 12.6. The van der Waals surface area contributed by atoms with Crippen LogP contribution in [0.1, 0.15) is 36.5 Å². The van der Waals surface area contributed by atoms with E-state index in [1.165, 1.54) is 16.4 Å². The van der Waals surface area contributed by atoms with E-state index in [2.05, 4.69) is 4.90 Å². The molecule has 0 spiro atoms. The maximum Gasteiger partial charge on any atom is 0.255 e. The Labute approximate surface area is 193 Å². The third-order valence-corrected chi connectivity index (χ3v) is 8.46. The van der Waals surface area contributed by atoms with Crippen LogP contribution in [0.15, 0.2) is 47.4 Å². The number of anilines is 1. The van der Waals surface area contributed by atoms with Crippen molar-refractivity contribution in [2.45, 2.75) is 43.2 Å². The summed E-state index contributed by atoms with van der Waals surface area (Å²) in [6.45, 7) is 3.43. The summed E-state index contributed by atoms with van der Waals surface area (Å²) >= 11 is 6.11. The topological polar surface area (TPSA) is 60.9 Å². The van der Waals surface area contributed by atoms with Crippen LogP contribution in [0, 0.1) is 5.82 Å². The van der Waals surface area contributed by atoms with Crippen molar-refractivity contribution < 1.29 is 17.6 Å². The lowest BCUT2D eigenvalue weighted by Crippen LogP contribution is -2.55. The van der Waals surface area contributed by atoms with E-state index in [9.17, 15) is 17.6 Å². The third-order valence-electron chi connectivity index (χ3n) is 6.29. The van der Waals surface area contributed by atoms with Crippen LogP contribution in [-0.4, -0.2) is 62.3 Å². The number of hydrogen-bond donors (Lipinski definition) is 0. The molecule has 0 aromatic heterocycles. The second-order valence-electron chi connectivity index (χ2n) is 8.45. The molecule has 0 saturated carbocycles. The molecule has 172 valence electrons. The Bertz CT molecular complexity index is 1110. The van der Waals surface area contributed by atoms with Gasteiger partial charge in [0.1, 0.15) is 5.82 Å². The van der Waals surface area contributed by atoms with E-state index < -0.39 is 15.8 Å². The predicted molar refractivity (Wildman–Crippen MR) is 123 cm³/mol. The highest BCUT2D eigenvalue weighted by Gasteiger charge is 2.42. The lowest BCUT2D eigenvalue weighted by atomic mass is 10.1. The standard InChI is InChI=1S/C23H27ClFN3O3S/c1-3-11-26(2)32(30,31)20-6-4-5-17(13-20)28-18-8-9-19(28)15-27(14-18)23(29)21-10-7-16(25)12-22(21)24/h4-7,10,12-13,18-19H,3,8-9,11,14-15H2,1-2H3. The number of likely N-dealkylation sites (tertiary alicyclic amines) is 1. The van der Waals surface area contributed by atoms with Crippen molar-refractivity contribution in [3.8, 4) is 0 Å². The monoisotopic (exact) mass is 479 g/mol. The summed E-state index contributed by atoms with van der Waals surface area (Å²) in [6, 6.07) is 11.1. The molecule has 2 aromatic rings. The molecule has 0 aliphatic carbocycles. The summed E-state index contributed by atoms with van der Waals surface area (Å²) in [6.07, 6.45) is 2.57. The molecule has 2 fully saturated rings. The average molecular weight is 480 g/mol.